The summed E-state index contributed by atoms with van der Waals surface area (Å²) in [5, 5.41) is 7.59. The van der Waals surface area contributed by atoms with Crippen molar-refractivity contribution in [2.75, 3.05) is 5.32 Å². The number of nitrogens with one attached hydrogen (secondary N) is 1. The zero-order chi connectivity index (χ0) is 26.1. The zero-order valence-corrected chi connectivity index (χ0v) is 22.1. The van der Waals surface area contributed by atoms with Crippen LogP contribution in [0.4, 0.5) is 10.1 Å². The number of anilines is 1. The van der Waals surface area contributed by atoms with Crippen LogP contribution in [0.15, 0.2) is 35.1 Å². The van der Waals surface area contributed by atoms with Crippen molar-refractivity contribution in [2.24, 2.45) is 5.92 Å². The lowest BCUT2D eigenvalue weighted by atomic mass is 9.86. The Morgan fingerprint density at radius 3 is 2.57 bits per heavy atom. The summed E-state index contributed by atoms with van der Waals surface area (Å²) in [5.74, 6) is -0.260. The molecule has 196 valence electrons. The first-order valence-electron chi connectivity index (χ1n) is 12.8. The molecule has 1 saturated carbocycles. The first-order valence-corrected chi connectivity index (χ1v) is 13.5. The van der Waals surface area contributed by atoms with Crippen LogP contribution < -0.4 is 15.7 Å². The average molecular weight is 547 g/mol. The van der Waals surface area contributed by atoms with Gasteiger partial charge in [0.05, 0.1) is 27.4 Å². The van der Waals surface area contributed by atoms with Crippen LogP contribution in [0.1, 0.15) is 68.1 Å². The van der Waals surface area contributed by atoms with Crippen LogP contribution in [0.25, 0.3) is 5.69 Å². The van der Waals surface area contributed by atoms with Crippen LogP contribution in [-0.4, -0.2) is 26.4 Å². The van der Waals surface area contributed by atoms with E-state index in [1.807, 2.05) is 6.92 Å². The Morgan fingerprint density at radius 1 is 1.14 bits per heavy atom. The number of para-hydroxylation sites is 1. The molecule has 2 aliphatic rings. The van der Waals surface area contributed by atoms with Crippen molar-refractivity contribution in [3.8, 4) is 11.4 Å². The van der Waals surface area contributed by atoms with Crippen LogP contribution in [0.3, 0.4) is 0 Å². The maximum atomic E-state index is 15.5. The van der Waals surface area contributed by atoms with Gasteiger partial charge in [0.25, 0.3) is 5.91 Å². The maximum Gasteiger partial charge on any atom is 0.350 e. The van der Waals surface area contributed by atoms with Crippen molar-refractivity contribution in [1.82, 2.24) is 14.3 Å². The lowest BCUT2D eigenvalue weighted by Crippen LogP contribution is -2.28. The third-order valence-electron chi connectivity index (χ3n) is 7.32. The number of hydrogen-bond acceptors (Lipinski definition) is 4. The second-order valence-corrected chi connectivity index (χ2v) is 10.6. The Balaban J connectivity index is 1.55. The lowest BCUT2D eigenvalue weighted by molar-refractivity contribution is 0.0997. The summed E-state index contributed by atoms with van der Waals surface area (Å²) in [4.78, 5) is 26.4. The van der Waals surface area contributed by atoms with Crippen molar-refractivity contribution in [1.29, 1.82) is 0 Å². The third kappa shape index (κ3) is 5.27. The Morgan fingerprint density at radius 2 is 1.86 bits per heavy atom. The first-order chi connectivity index (χ1) is 17.8. The van der Waals surface area contributed by atoms with Crippen molar-refractivity contribution < 1.29 is 13.9 Å². The second-order valence-electron chi connectivity index (χ2n) is 9.79. The standard InChI is InChI=1S/C27H29Cl2FN4O3/c1-16(17-8-3-2-4-9-17)37-23-15-22(34-27(36)33-13-6-5-12-24(33)32-34)21(30)14-18(23)26(35)31-25-19(28)10-7-11-20(25)29/h7,10-11,14-17H,2-6,8-9,12-13H2,1H3,(H,31,35)/t16-/m0/s1. The number of halogens is 3. The van der Waals surface area contributed by atoms with Gasteiger partial charge >= 0.3 is 5.69 Å². The SMILES string of the molecule is C[C@H](Oc1cc(-n2nc3n(c2=O)CCCC3)c(F)cc1C(=O)Nc1c(Cl)cccc1Cl)C1CCCCC1. The minimum absolute atomic E-state index is 0.0167. The van der Waals surface area contributed by atoms with Gasteiger partial charge in [0.2, 0.25) is 0 Å². The number of carbonyl (C=O) groups is 1. The molecule has 0 saturated heterocycles. The molecule has 1 atom stereocenters. The smallest absolute Gasteiger partial charge is 0.350 e. The van der Waals surface area contributed by atoms with Gasteiger partial charge in [-0.1, -0.05) is 48.5 Å². The van der Waals surface area contributed by atoms with Crippen LogP contribution in [-0.2, 0) is 13.0 Å². The van der Waals surface area contributed by atoms with Crippen LogP contribution in [0, 0.1) is 11.7 Å². The summed E-state index contributed by atoms with van der Waals surface area (Å²) in [6, 6.07) is 7.35. The van der Waals surface area contributed by atoms with Gasteiger partial charge in [0.1, 0.15) is 23.1 Å². The van der Waals surface area contributed by atoms with Gasteiger partial charge in [-0.2, -0.15) is 4.68 Å². The Kier molecular flexibility index (Phi) is 7.58. The van der Waals surface area contributed by atoms with Gasteiger partial charge in [0, 0.05) is 19.0 Å². The van der Waals surface area contributed by atoms with Gasteiger partial charge in [-0.15, -0.1) is 5.10 Å². The van der Waals surface area contributed by atoms with E-state index in [1.165, 1.54) is 12.5 Å². The largest absolute Gasteiger partial charge is 0.490 e. The number of aromatic nitrogens is 3. The summed E-state index contributed by atoms with van der Waals surface area (Å²) in [6.45, 7) is 2.52. The fourth-order valence-corrected chi connectivity index (χ4v) is 5.73. The molecule has 1 N–H and O–H groups in total. The summed E-state index contributed by atoms with van der Waals surface area (Å²) in [5.41, 5.74) is -0.244. The van der Waals surface area contributed by atoms with E-state index in [1.54, 1.807) is 22.8 Å². The zero-order valence-electron chi connectivity index (χ0n) is 20.6. The molecule has 0 radical (unpaired) electrons. The number of rotatable bonds is 6. The summed E-state index contributed by atoms with van der Waals surface area (Å²) < 4.78 is 24.5. The Bertz CT molecular complexity index is 1360. The third-order valence-corrected chi connectivity index (χ3v) is 7.95. The summed E-state index contributed by atoms with van der Waals surface area (Å²) in [6.07, 6.45) is 7.75. The van der Waals surface area contributed by atoms with E-state index in [-0.39, 0.29) is 38.8 Å². The molecule has 1 amide bonds. The Labute approximate surface area is 224 Å². The van der Waals surface area contributed by atoms with Crippen molar-refractivity contribution in [2.45, 2.75) is 70.9 Å². The molecule has 0 bridgehead atoms. The minimum Gasteiger partial charge on any atom is -0.490 e. The van der Waals surface area contributed by atoms with E-state index in [2.05, 4.69) is 10.4 Å². The predicted molar refractivity (Wildman–Crippen MR) is 142 cm³/mol. The maximum absolute atomic E-state index is 15.5. The average Bonchev–Trinajstić information content (AvgIpc) is 3.23. The molecule has 1 aromatic heterocycles. The van der Waals surface area contributed by atoms with Crippen LogP contribution in [0.5, 0.6) is 5.75 Å². The molecular formula is C27H29Cl2FN4O3. The molecule has 37 heavy (non-hydrogen) atoms. The number of fused-ring (bicyclic) bond motifs is 1. The number of nitrogens with zero attached hydrogens (tertiary/aromatic N) is 3. The summed E-state index contributed by atoms with van der Waals surface area (Å²) >= 11 is 12.5. The van der Waals surface area contributed by atoms with E-state index in [0.29, 0.717) is 24.7 Å². The lowest BCUT2D eigenvalue weighted by Gasteiger charge is -2.29. The van der Waals surface area contributed by atoms with Gasteiger partial charge in [-0.05, 0) is 56.7 Å². The molecule has 1 aliphatic carbocycles. The van der Waals surface area contributed by atoms with E-state index >= 15 is 4.39 Å². The molecule has 3 aromatic rings. The number of hydrogen-bond donors (Lipinski definition) is 1. The summed E-state index contributed by atoms with van der Waals surface area (Å²) in [7, 11) is 0. The number of benzene rings is 2. The van der Waals surface area contributed by atoms with E-state index in [4.69, 9.17) is 27.9 Å². The van der Waals surface area contributed by atoms with E-state index in [9.17, 15) is 9.59 Å². The molecule has 7 nitrogen and oxygen atoms in total. The molecule has 1 aliphatic heterocycles. The molecule has 0 unspecified atom stereocenters. The molecule has 2 aromatic carbocycles. The molecule has 2 heterocycles. The molecule has 10 heteroatoms. The number of aryl methyl sites for hydroxylation is 1. The fraction of sp³-hybridized carbons (Fsp3) is 0.444. The highest BCUT2D eigenvalue weighted by Crippen LogP contribution is 2.34. The van der Waals surface area contributed by atoms with Crippen LogP contribution in [0.2, 0.25) is 10.0 Å². The van der Waals surface area contributed by atoms with Gasteiger partial charge in [-0.3, -0.25) is 9.36 Å². The van der Waals surface area contributed by atoms with Gasteiger partial charge < -0.3 is 10.1 Å². The minimum atomic E-state index is -0.759. The molecule has 5 rings (SSSR count). The van der Waals surface area contributed by atoms with Gasteiger partial charge in [0.15, 0.2) is 0 Å². The first kappa shape index (κ1) is 25.8. The quantitative estimate of drug-likeness (QED) is 0.387. The van der Waals surface area contributed by atoms with Crippen molar-refractivity contribution in [3.05, 3.63) is 68.1 Å². The normalized spacial score (nSPS) is 16.8. The number of amides is 1. The highest BCUT2D eigenvalue weighted by molar-refractivity contribution is 6.40. The van der Waals surface area contributed by atoms with Gasteiger partial charge in [-0.25, -0.2) is 9.18 Å². The fourth-order valence-electron chi connectivity index (χ4n) is 5.23. The highest BCUT2D eigenvalue weighted by Gasteiger charge is 2.27. The molecule has 0 spiro atoms. The van der Waals surface area contributed by atoms with E-state index < -0.39 is 17.4 Å². The molecule has 1 fully saturated rings. The highest BCUT2D eigenvalue weighted by atomic mass is 35.5. The number of carbonyl (C=O) groups excluding carboxylic acids is 1. The van der Waals surface area contributed by atoms with Crippen LogP contribution >= 0.6 is 23.2 Å². The Hall–Kier alpha value is -2.84. The molecular weight excluding hydrogens is 518 g/mol. The monoisotopic (exact) mass is 546 g/mol. The van der Waals surface area contributed by atoms with Crippen molar-refractivity contribution >= 4 is 34.8 Å². The van der Waals surface area contributed by atoms with Crippen molar-refractivity contribution in [3.63, 3.8) is 0 Å². The predicted octanol–water partition coefficient (Wildman–Crippen LogP) is 6.42. The number of ether oxygens (including phenoxy) is 1. The second kappa shape index (κ2) is 10.9. The topological polar surface area (TPSA) is 78.2 Å². The van der Waals surface area contributed by atoms with E-state index in [0.717, 1.165) is 49.3 Å².